The monoisotopic (exact) mass is 108 g/mol. The molecule has 0 radical (unpaired) electrons. The van der Waals surface area contributed by atoms with E-state index in [9.17, 15) is 9.59 Å². The van der Waals surface area contributed by atoms with Crippen molar-refractivity contribution in [2.45, 2.75) is 6.42 Å². The molecule has 40 valence electrons. The van der Waals surface area contributed by atoms with Gasteiger partial charge in [-0.25, -0.2) is 0 Å². The fourth-order valence-corrected chi connectivity index (χ4v) is 0.467. The molecule has 0 heterocycles. The second-order valence-electron chi connectivity index (χ2n) is 1.51. The minimum Gasteiger partial charge on any atom is -0.290 e. The molecule has 0 atom stereocenters. The Hall–Kier alpha value is -1.14. The van der Waals surface area contributed by atoms with Crippen molar-refractivity contribution in [3.63, 3.8) is 0 Å². The first-order valence-electron chi connectivity index (χ1n) is 2.29. The first kappa shape index (κ1) is 5.01. The molecule has 0 aromatic carbocycles. The van der Waals surface area contributed by atoms with Crippen LogP contribution in [0.3, 0.4) is 0 Å². The van der Waals surface area contributed by atoms with Crippen LogP contribution >= 0.6 is 0 Å². The van der Waals surface area contributed by atoms with Crippen LogP contribution in [0.5, 0.6) is 0 Å². The Morgan fingerprint density at radius 1 is 1.50 bits per heavy atom. The number of carbonyl (C=O) groups is 2. The summed E-state index contributed by atoms with van der Waals surface area (Å²) in [6.45, 7) is 0. The van der Waals surface area contributed by atoms with E-state index in [1.165, 1.54) is 0 Å². The van der Waals surface area contributed by atoms with Crippen molar-refractivity contribution in [3.8, 4) is 0 Å². The number of hydrogen-bond donors (Lipinski definition) is 0. The van der Waals surface area contributed by atoms with Crippen molar-refractivity contribution in [3.05, 3.63) is 17.9 Å². The molecule has 0 fully saturated rings. The van der Waals surface area contributed by atoms with E-state index >= 15 is 0 Å². The average Bonchev–Trinajstić information content (AvgIpc) is 1.77. The predicted molar refractivity (Wildman–Crippen MR) is 27.3 cm³/mol. The van der Waals surface area contributed by atoms with E-state index in [-0.39, 0.29) is 12.2 Å². The summed E-state index contributed by atoms with van der Waals surface area (Å²) in [5.74, 6) is -0.781. The van der Waals surface area contributed by atoms with Gasteiger partial charge in [0.25, 0.3) is 0 Å². The molecule has 0 unspecified atom stereocenters. The molecule has 0 aromatic heterocycles. The van der Waals surface area contributed by atoms with Gasteiger partial charge in [-0.15, -0.1) is 5.73 Å². The molecule has 0 aromatic rings. The first-order chi connectivity index (χ1) is 3.80. The van der Waals surface area contributed by atoms with E-state index in [0.29, 0.717) is 0 Å². The minimum absolute atomic E-state index is 0.218. The van der Waals surface area contributed by atoms with Crippen molar-refractivity contribution in [2.24, 2.45) is 0 Å². The third-order valence-corrected chi connectivity index (χ3v) is 0.895. The lowest BCUT2D eigenvalue weighted by atomic mass is 10.1. The van der Waals surface area contributed by atoms with Crippen LogP contribution in [0.1, 0.15) is 6.42 Å². The highest BCUT2D eigenvalue weighted by molar-refractivity contribution is 6.42. The summed E-state index contributed by atoms with van der Waals surface area (Å²) in [4.78, 5) is 20.6. The number of allylic oxidation sites excluding steroid dienone is 1. The van der Waals surface area contributed by atoms with Crippen LogP contribution < -0.4 is 0 Å². The first-order valence-corrected chi connectivity index (χ1v) is 2.29. The van der Waals surface area contributed by atoms with Crippen LogP contribution in [0.2, 0.25) is 0 Å². The molecule has 0 N–H and O–H groups in total. The Balaban J connectivity index is 2.93. The SMILES string of the molecule is O=C1C=C=CCC1=O. The molecule has 0 bridgehead atoms. The topological polar surface area (TPSA) is 34.1 Å². The molecule has 0 saturated carbocycles. The molecule has 1 aliphatic rings. The Kier molecular flexibility index (Phi) is 1.10. The summed E-state index contributed by atoms with van der Waals surface area (Å²) in [5, 5.41) is 0. The second kappa shape index (κ2) is 1.76. The van der Waals surface area contributed by atoms with E-state index in [1.807, 2.05) is 0 Å². The Morgan fingerprint density at radius 2 is 2.25 bits per heavy atom. The lowest BCUT2D eigenvalue weighted by Gasteiger charge is -1.89. The third kappa shape index (κ3) is 0.745. The quantitative estimate of drug-likeness (QED) is 0.329. The van der Waals surface area contributed by atoms with Crippen LogP contribution in [0.25, 0.3) is 0 Å². The number of carbonyl (C=O) groups excluding carboxylic acids is 2. The van der Waals surface area contributed by atoms with Crippen LogP contribution in [0.15, 0.2) is 17.9 Å². The predicted octanol–water partition coefficient (Wildman–Crippen LogP) is 0.240. The molecule has 0 spiro atoms. The highest BCUT2D eigenvalue weighted by atomic mass is 16.2. The highest BCUT2D eigenvalue weighted by Gasteiger charge is 2.09. The normalized spacial score (nSPS) is 17.5. The third-order valence-electron chi connectivity index (χ3n) is 0.895. The van der Waals surface area contributed by atoms with Gasteiger partial charge < -0.3 is 0 Å². The highest BCUT2D eigenvalue weighted by Crippen LogP contribution is 1.92. The van der Waals surface area contributed by atoms with Gasteiger partial charge in [0, 0.05) is 12.5 Å². The zero-order chi connectivity index (χ0) is 5.98. The van der Waals surface area contributed by atoms with Crippen molar-refractivity contribution in [1.29, 1.82) is 0 Å². The largest absolute Gasteiger partial charge is 0.290 e. The summed E-state index contributed by atoms with van der Waals surface area (Å²) in [7, 11) is 0. The fraction of sp³-hybridized carbons (Fsp3) is 0.167. The van der Waals surface area contributed by atoms with Gasteiger partial charge in [-0.3, -0.25) is 9.59 Å². The summed E-state index contributed by atoms with van der Waals surface area (Å²) in [5.41, 5.74) is 2.54. The van der Waals surface area contributed by atoms with E-state index in [0.717, 1.165) is 6.08 Å². The summed E-state index contributed by atoms with van der Waals surface area (Å²) >= 11 is 0. The van der Waals surface area contributed by atoms with Crippen molar-refractivity contribution in [1.82, 2.24) is 0 Å². The molecule has 1 aliphatic carbocycles. The van der Waals surface area contributed by atoms with Crippen LogP contribution in [-0.2, 0) is 9.59 Å². The zero-order valence-corrected chi connectivity index (χ0v) is 4.18. The molecule has 2 heteroatoms. The van der Waals surface area contributed by atoms with Crippen LogP contribution in [0, 0.1) is 0 Å². The molecular formula is C6H4O2. The van der Waals surface area contributed by atoms with Crippen LogP contribution in [-0.4, -0.2) is 11.6 Å². The maximum absolute atomic E-state index is 10.3. The van der Waals surface area contributed by atoms with Crippen molar-refractivity contribution >= 4 is 11.6 Å². The van der Waals surface area contributed by atoms with E-state index in [4.69, 9.17) is 0 Å². The standard InChI is InChI=1S/C6H4O2/c7-5-3-1-2-4-6(5)8/h1,4H,3H2. The van der Waals surface area contributed by atoms with Crippen molar-refractivity contribution in [2.75, 3.05) is 0 Å². The zero-order valence-electron chi connectivity index (χ0n) is 4.18. The molecule has 0 amide bonds. The molecule has 0 aliphatic heterocycles. The molecule has 8 heavy (non-hydrogen) atoms. The maximum Gasteiger partial charge on any atom is 0.229 e. The lowest BCUT2D eigenvalue weighted by molar-refractivity contribution is -0.133. The summed E-state index contributed by atoms with van der Waals surface area (Å²) in [6.07, 6.45) is 2.92. The lowest BCUT2D eigenvalue weighted by Crippen LogP contribution is -2.10. The van der Waals surface area contributed by atoms with E-state index in [1.54, 1.807) is 6.08 Å². The van der Waals surface area contributed by atoms with E-state index in [2.05, 4.69) is 5.73 Å². The number of Topliss-reactive ketones (excluding diaryl/α,β-unsaturated/α-hetero) is 1. The molecule has 1 rings (SSSR count). The summed E-state index contributed by atoms with van der Waals surface area (Å²) < 4.78 is 0. The van der Waals surface area contributed by atoms with Gasteiger partial charge in [-0.1, -0.05) is 0 Å². The molecule has 2 nitrogen and oxygen atoms in total. The van der Waals surface area contributed by atoms with Gasteiger partial charge in [0.1, 0.15) is 0 Å². The van der Waals surface area contributed by atoms with Gasteiger partial charge in [-0.2, -0.15) is 0 Å². The van der Waals surface area contributed by atoms with Gasteiger partial charge in [0.15, 0.2) is 0 Å². The fourth-order valence-electron chi connectivity index (χ4n) is 0.467. The number of hydrogen-bond acceptors (Lipinski definition) is 2. The Labute approximate surface area is 46.5 Å². The van der Waals surface area contributed by atoms with Gasteiger partial charge in [0.2, 0.25) is 11.6 Å². The Bertz CT molecular complexity index is 191. The minimum atomic E-state index is -0.437. The van der Waals surface area contributed by atoms with Gasteiger partial charge in [0.05, 0.1) is 0 Å². The number of rotatable bonds is 0. The average molecular weight is 108 g/mol. The number of ketones is 2. The molecular weight excluding hydrogens is 104 g/mol. The van der Waals surface area contributed by atoms with E-state index < -0.39 is 5.78 Å². The Morgan fingerprint density at radius 3 is 2.62 bits per heavy atom. The maximum atomic E-state index is 10.3. The van der Waals surface area contributed by atoms with Crippen LogP contribution in [0.4, 0.5) is 0 Å². The smallest absolute Gasteiger partial charge is 0.229 e. The second-order valence-corrected chi connectivity index (χ2v) is 1.51. The van der Waals surface area contributed by atoms with Gasteiger partial charge in [-0.05, 0) is 6.08 Å². The van der Waals surface area contributed by atoms with Crippen molar-refractivity contribution < 1.29 is 9.59 Å². The molecule has 0 saturated heterocycles. The van der Waals surface area contributed by atoms with Gasteiger partial charge >= 0.3 is 0 Å². The summed E-state index contributed by atoms with van der Waals surface area (Å²) in [6, 6.07) is 0.